The Morgan fingerprint density at radius 3 is 2.43 bits per heavy atom. The first-order valence-electron chi connectivity index (χ1n) is 6.08. The van der Waals surface area contributed by atoms with E-state index in [1.165, 1.54) is 18.2 Å². The number of hydrogen-bond donors (Lipinski definition) is 2. The maximum atomic E-state index is 13.5. The molecule has 0 saturated carbocycles. The van der Waals surface area contributed by atoms with Crippen molar-refractivity contribution in [2.24, 2.45) is 10.3 Å². The molecule has 0 aliphatic heterocycles. The third kappa shape index (κ3) is 3.73. The van der Waals surface area contributed by atoms with Crippen molar-refractivity contribution in [2.75, 3.05) is 0 Å². The maximum Gasteiger partial charge on any atom is 0.274 e. The van der Waals surface area contributed by atoms with Crippen LogP contribution in [0.25, 0.3) is 0 Å². The summed E-state index contributed by atoms with van der Waals surface area (Å²) in [5.74, 6) is -1.32. The number of nitrogens with one attached hydrogen (secondary N) is 1. The van der Waals surface area contributed by atoms with Crippen LogP contribution in [0.5, 0.6) is 0 Å². The van der Waals surface area contributed by atoms with E-state index in [9.17, 15) is 9.18 Å². The fourth-order valence-corrected chi connectivity index (χ4v) is 1.65. The second-order valence-electron chi connectivity index (χ2n) is 4.03. The highest BCUT2D eigenvalue weighted by Crippen LogP contribution is 2.06. The monoisotopic (exact) mass is 285 g/mol. The summed E-state index contributed by atoms with van der Waals surface area (Å²) >= 11 is 0. The molecule has 0 aromatic heterocycles. The van der Waals surface area contributed by atoms with E-state index in [2.05, 4.69) is 15.7 Å². The summed E-state index contributed by atoms with van der Waals surface area (Å²) in [7, 11) is 0. The second kappa shape index (κ2) is 6.95. The Morgan fingerprint density at radius 2 is 1.76 bits per heavy atom. The molecule has 0 unspecified atom stereocenters. The zero-order valence-corrected chi connectivity index (χ0v) is 10.9. The lowest BCUT2D eigenvalue weighted by Crippen LogP contribution is -2.21. The topological polar surface area (TPSA) is 74.0 Å². The Hall–Kier alpha value is -3.02. The average Bonchev–Trinajstić information content (AvgIpc) is 2.52. The van der Waals surface area contributed by atoms with Crippen LogP contribution in [0.4, 0.5) is 4.39 Å². The lowest BCUT2D eigenvalue weighted by Gasteiger charge is -2.03. The first kappa shape index (κ1) is 14.4. The van der Waals surface area contributed by atoms with Gasteiger partial charge >= 0.3 is 0 Å². The van der Waals surface area contributed by atoms with E-state index in [4.69, 9.17) is 5.21 Å². The molecule has 0 aliphatic rings. The van der Waals surface area contributed by atoms with Crippen LogP contribution < -0.4 is 5.43 Å². The van der Waals surface area contributed by atoms with Gasteiger partial charge in [-0.15, -0.1) is 0 Å². The number of hydrazone groups is 1. The number of hydrogen-bond acceptors (Lipinski definition) is 4. The van der Waals surface area contributed by atoms with Gasteiger partial charge in [0.25, 0.3) is 5.91 Å². The zero-order chi connectivity index (χ0) is 15.1. The molecule has 1 amide bonds. The van der Waals surface area contributed by atoms with Gasteiger partial charge in [-0.1, -0.05) is 47.6 Å². The van der Waals surface area contributed by atoms with Crippen LogP contribution in [0.2, 0.25) is 0 Å². The molecule has 21 heavy (non-hydrogen) atoms. The van der Waals surface area contributed by atoms with Crippen molar-refractivity contribution >= 4 is 17.8 Å². The van der Waals surface area contributed by atoms with E-state index >= 15 is 0 Å². The van der Waals surface area contributed by atoms with Crippen molar-refractivity contribution in [3.05, 3.63) is 71.5 Å². The predicted octanol–water partition coefficient (Wildman–Crippen LogP) is 2.42. The van der Waals surface area contributed by atoms with Crippen molar-refractivity contribution in [3.63, 3.8) is 0 Å². The fraction of sp³-hybridized carbons (Fsp3) is 0. The number of carbonyl (C=O) groups is 1. The minimum atomic E-state index is -0.687. The molecular formula is C15H12FN3O2. The summed E-state index contributed by atoms with van der Waals surface area (Å²) in [5.41, 5.74) is 3.00. The fourth-order valence-electron chi connectivity index (χ4n) is 1.65. The summed E-state index contributed by atoms with van der Waals surface area (Å²) in [6.07, 6.45) is 1.08. The van der Waals surface area contributed by atoms with Crippen LogP contribution >= 0.6 is 0 Å². The molecule has 2 rings (SSSR count). The first-order valence-corrected chi connectivity index (χ1v) is 6.08. The standard InChI is InChI=1S/C15H12FN3O2/c16-13-9-5-4-8-12(13)15(20)19-18-14(10-17-21)11-6-2-1-3-7-11/h1-10,21H,(H,19,20). The Kier molecular flexibility index (Phi) is 4.76. The number of amides is 1. The van der Waals surface area contributed by atoms with Gasteiger partial charge in [0.15, 0.2) is 0 Å². The third-order valence-electron chi connectivity index (χ3n) is 2.65. The molecule has 0 spiro atoms. The van der Waals surface area contributed by atoms with Crippen LogP contribution in [0.15, 0.2) is 64.9 Å². The third-order valence-corrected chi connectivity index (χ3v) is 2.65. The van der Waals surface area contributed by atoms with E-state index in [1.807, 2.05) is 6.07 Å². The van der Waals surface area contributed by atoms with Gasteiger partial charge in [-0.3, -0.25) is 4.79 Å². The molecule has 2 aromatic rings. The van der Waals surface area contributed by atoms with E-state index in [1.54, 1.807) is 30.3 Å². The number of rotatable bonds is 4. The molecule has 106 valence electrons. The SMILES string of the molecule is O=C(NN=C(C=NO)c1ccccc1)c1ccccc1F. The summed E-state index contributed by atoms with van der Waals surface area (Å²) < 4.78 is 13.5. The van der Waals surface area contributed by atoms with Crippen LogP contribution in [0.3, 0.4) is 0 Å². The Labute approximate surface area is 120 Å². The molecule has 0 aliphatic carbocycles. The molecule has 0 bridgehead atoms. The van der Waals surface area contributed by atoms with Crippen molar-refractivity contribution in [3.8, 4) is 0 Å². The minimum absolute atomic E-state index is 0.116. The Bertz CT molecular complexity index is 684. The average molecular weight is 285 g/mol. The van der Waals surface area contributed by atoms with Gasteiger partial charge in [0, 0.05) is 5.56 Å². The second-order valence-corrected chi connectivity index (χ2v) is 4.03. The summed E-state index contributed by atoms with van der Waals surface area (Å²) in [4.78, 5) is 11.8. The van der Waals surface area contributed by atoms with Gasteiger partial charge in [-0.25, -0.2) is 9.82 Å². The molecule has 0 fully saturated rings. The minimum Gasteiger partial charge on any atom is -0.411 e. The molecule has 0 saturated heterocycles. The Balaban J connectivity index is 2.21. The maximum absolute atomic E-state index is 13.5. The van der Waals surface area contributed by atoms with Gasteiger partial charge < -0.3 is 5.21 Å². The van der Waals surface area contributed by atoms with E-state index < -0.39 is 11.7 Å². The van der Waals surface area contributed by atoms with Crippen LogP contribution in [-0.2, 0) is 0 Å². The summed E-state index contributed by atoms with van der Waals surface area (Å²) in [6.45, 7) is 0. The highest BCUT2D eigenvalue weighted by Gasteiger charge is 2.10. The van der Waals surface area contributed by atoms with E-state index in [-0.39, 0.29) is 11.3 Å². The molecule has 5 nitrogen and oxygen atoms in total. The number of benzene rings is 2. The number of nitrogens with zero attached hydrogens (tertiary/aromatic N) is 2. The zero-order valence-electron chi connectivity index (χ0n) is 10.9. The van der Waals surface area contributed by atoms with Gasteiger partial charge in [0.1, 0.15) is 11.5 Å². The van der Waals surface area contributed by atoms with Crippen LogP contribution in [0, 0.1) is 5.82 Å². The van der Waals surface area contributed by atoms with Crippen LogP contribution in [0.1, 0.15) is 15.9 Å². The molecular weight excluding hydrogens is 273 g/mol. The molecule has 0 heterocycles. The highest BCUT2D eigenvalue weighted by atomic mass is 19.1. The number of halogens is 1. The van der Waals surface area contributed by atoms with Gasteiger partial charge in [0.2, 0.25) is 0 Å². The normalized spacial score (nSPS) is 11.6. The quantitative estimate of drug-likeness (QED) is 0.514. The lowest BCUT2D eigenvalue weighted by molar-refractivity contribution is 0.0951. The largest absolute Gasteiger partial charge is 0.411 e. The highest BCUT2D eigenvalue weighted by molar-refractivity contribution is 6.38. The summed E-state index contributed by atoms with van der Waals surface area (Å²) in [5, 5.41) is 15.4. The van der Waals surface area contributed by atoms with Crippen molar-refractivity contribution < 1.29 is 14.4 Å². The first-order chi connectivity index (χ1) is 10.2. The van der Waals surface area contributed by atoms with Gasteiger partial charge in [-0.05, 0) is 12.1 Å². The van der Waals surface area contributed by atoms with Crippen molar-refractivity contribution in [1.82, 2.24) is 5.43 Å². The van der Waals surface area contributed by atoms with Crippen molar-refractivity contribution in [1.29, 1.82) is 0 Å². The lowest BCUT2D eigenvalue weighted by atomic mass is 10.1. The van der Waals surface area contributed by atoms with E-state index in [0.29, 0.717) is 5.56 Å². The van der Waals surface area contributed by atoms with Gasteiger partial charge in [0.05, 0.1) is 11.8 Å². The van der Waals surface area contributed by atoms with Gasteiger partial charge in [-0.2, -0.15) is 5.10 Å². The van der Waals surface area contributed by atoms with Crippen molar-refractivity contribution in [2.45, 2.75) is 0 Å². The van der Waals surface area contributed by atoms with E-state index in [0.717, 1.165) is 6.21 Å². The molecule has 2 N–H and O–H groups in total. The molecule has 6 heteroatoms. The Morgan fingerprint density at radius 1 is 1.10 bits per heavy atom. The molecule has 0 radical (unpaired) electrons. The predicted molar refractivity (Wildman–Crippen MR) is 77.1 cm³/mol. The number of oxime groups is 1. The molecule has 0 atom stereocenters. The molecule has 2 aromatic carbocycles. The smallest absolute Gasteiger partial charge is 0.274 e. The summed E-state index contributed by atoms with van der Waals surface area (Å²) in [6, 6.07) is 14.4. The van der Waals surface area contributed by atoms with Crippen LogP contribution in [-0.4, -0.2) is 23.0 Å². The number of carbonyl (C=O) groups excluding carboxylic acids is 1.